The van der Waals surface area contributed by atoms with Crippen LogP contribution >= 0.6 is 11.6 Å². The number of hydrogen-bond donors (Lipinski definition) is 3. The van der Waals surface area contributed by atoms with E-state index in [0.717, 1.165) is 11.1 Å². The highest BCUT2D eigenvalue weighted by molar-refractivity contribution is 6.32. The number of phenolic OH excluding ortho intramolecular Hbond substituents is 1. The number of amides is 1. The molecule has 1 amide bonds. The van der Waals surface area contributed by atoms with E-state index in [1.165, 1.54) is 7.11 Å². The van der Waals surface area contributed by atoms with Gasteiger partial charge in [0, 0.05) is 24.1 Å². The van der Waals surface area contributed by atoms with Crippen LogP contribution in [0.25, 0.3) is 0 Å². The number of carboxylic acid groups (broad SMARTS) is 1. The van der Waals surface area contributed by atoms with Crippen LogP contribution in [0.3, 0.4) is 0 Å². The van der Waals surface area contributed by atoms with Crippen molar-refractivity contribution < 1.29 is 29.3 Å². The van der Waals surface area contributed by atoms with Gasteiger partial charge in [-0.15, -0.1) is 0 Å². The summed E-state index contributed by atoms with van der Waals surface area (Å²) in [5.74, 6) is -1.17. The lowest BCUT2D eigenvalue weighted by Crippen LogP contribution is -2.23. The lowest BCUT2D eigenvalue weighted by Gasteiger charge is -2.27. The van der Waals surface area contributed by atoms with Crippen molar-refractivity contribution in [2.45, 2.75) is 12.3 Å². The van der Waals surface area contributed by atoms with Gasteiger partial charge in [-0.05, 0) is 29.3 Å². The van der Waals surface area contributed by atoms with E-state index in [2.05, 4.69) is 5.32 Å². The summed E-state index contributed by atoms with van der Waals surface area (Å²) in [6.45, 7) is -0.471. The van der Waals surface area contributed by atoms with E-state index in [0.29, 0.717) is 11.4 Å². The minimum atomic E-state index is -1.09. The number of fused-ring (bicyclic) bond motifs is 1. The maximum absolute atomic E-state index is 12.1. The van der Waals surface area contributed by atoms with Crippen LogP contribution in [0.1, 0.15) is 23.5 Å². The maximum Gasteiger partial charge on any atom is 0.341 e. The van der Waals surface area contributed by atoms with E-state index in [1.54, 1.807) is 30.3 Å². The van der Waals surface area contributed by atoms with E-state index >= 15 is 0 Å². The molecule has 7 nitrogen and oxygen atoms in total. The molecule has 1 atom stereocenters. The summed E-state index contributed by atoms with van der Waals surface area (Å²) < 4.78 is 10.3. The first-order valence-corrected chi connectivity index (χ1v) is 8.11. The lowest BCUT2D eigenvalue weighted by atomic mass is 9.84. The van der Waals surface area contributed by atoms with Crippen LogP contribution in [-0.4, -0.2) is 35.8 Å². The number of benzene rings is 2. The minimum Gasteiger partial charge on any atom is -0.503 e. The van der Waals surface area contributed by atoms with Gasteiger partial charge >= 0.3 is 5.97 Å². The van der Waals surface area contributed by atoms with Crippen LogP contribution in [0, 0.1) is 0 Å². The number of carbonyl (C=O) groups excluding carboxylic acids is 1. The third-order valence-electron chi connectivity index (χ3n) is 4.10. The molecule has 0 aliphatic carbocycles. The molecular weight excluding hydrogens is 362 g/mol. The van der Waals surface area contributed by atoms with Gasteiger partial charge in [0.1, 0.15) is 5.75 Å². The first kappa shape index (κ1) is 17.9. The first-order chi connectivity index (χ1) is 12.4. The first-order valence-electron chi connectivity index (χ1n) is 7.74. The van der Waals surface area contributed by atoms with Crippen molar-refractivity contribution in [2.75, 3.05) is 19.0 Å². The van der Waals surface area contributed by atoms with Crippen LogP contribution < -0.4 is 14.8 Å². The molecule has 26 heavy (non-hydrogen) atoms. The topological polar surface area (TPSA) is 105 Å². The predicted octanol–water partition coefficient (Wildman–Crippen LogP) is 2.99. The van der Waals surface area contributed by atoms with Crippen LogP contribution in [0.15, 0.2) is 30.3 Å². The molecule has 8 heteroatoms. The second kappa shape index (κ2) is 7.13. The van der Waals surface area contributed by atoms with Crippen molar-refractivity contribution in [1.29, 1.82) is 0 Å². The molecule has 0 bridgehead atoms. The summed E-state index contributed by atoms with van der Waals surface area (Å²) in [6.07, 6.45) is 0.201. The fourth-order valence-electron chi connectivity index (χ4n) is 2.93. The quantitative estimate of drug-likeness (QED) is 0.739. The predicted molar refractivity (Wildman–Crippen MR) is 94.3 cm³/mol. The summed E-state index contributed by atoms with van der Waals surface area (Å²) in [5.41, 5.74) is 2.09. The molecule has 0 spiro atoms. The molecule has 0 saturated heterocycles. The van der Waals surface area contributed by atoms with E-state index in [4.69, 9.17) is 26.2 Å². The van der Waals surface area contributed by atoms with Gasteiger partial charge < -0.3 is 25.0 Å². The normalized spacial score (nSPS) is 15.8. The number of hydrogen-bond acceptors (Lipinski definition) is 5. The zero-order valence-corrected chi connectivity index (χ0v) is 14.5. The number of rotatable bonds is 5. The van der Waals surface area contributed by atoms with Crippen molar-refractivity contribution in [3.63, 3.8) is 0 Å². The molecule has 0 radical (unpaired) electrons. The zero-order chi connectivity index (χ0) is 18.8. The largest absolute Gasteiger partial charge is 0.503 e. The monoisotopic (exact) mass is 377 g/mol. The second-order valence-corrected chi connectivity index (χ2v) is 6.20. The van der Waals surface area contributed by atoms with Crippen LogP contribution in [0.5, 0.6) is 17.2 Å². The van der Waals surface area contributed by atoms with Gasteiger partial charge in [-0.1, -0.05) is 17.7 Å². The third-order valence-corrected chi connectivity index (χ3v) is 4.39. The van der Waals surface area contributed by atoms with Crippen molar-refractivity contribution in [2.24, 2.45) is 0 Å². The van der Waals surface area contributed by atoms with Gasteiger partial charge in [-0.25, -0.2) is 4.79 Å². The molecule has 1 aliphatic heterocycles. The lowest BCUT2D eigenvalue weighted by molar-refractivity contribution is -0.139. The third kappa shape index (κ3) is 3.52. The van der Waals surface area contributed by atoms with Crippen LogP contribution in [0.4, 0.5) is 5.69 Å². The van der Waals surface area contributed by atoms with E-state index < -0.39 is 12.6 Å². The number of carboxylic acids is 1. The summed E-state index contributed by atoms with van der Waals surface area (Å²) in [5, 5.41) is 21.5. The number of aromatic hydroxyl groups is 1. The summed E-state index contributed by atoms with van der Waals surface area (Å²) in [7, 11) is 1.42. The average molecular weight is 378 g/mol. The highest BCUT2D eigenvalue weighted by Crippen LogP contribution is 2.43. The van der Waals surface area contributed by atoms with Crippen LogP contribution in [0.2, 0.25) is 5.02 Å². The van der Waals surface area contributed by atoms with Crippen molar-refractivity contribution >= 4 is 29.2 Å². The van der Waals surface area contributed by atoms with Gasteiger partial charge in [0.25, 0.3) is 0 Å². The number of halogens is 1. The molecule has 3 rings (SSSR count). The highest BCUT2D eigenvalue weighted by atomic mass is 35.5. The molecular formula is C18H16ClNO6. The molecule has 0 aromatic heterocycles. The molecule has 1 aliphatic rings. The smallest absolute Gasteiger partial charge is 0.341 e. The minimum absolute atomic E-state index is 0.133. The van der Waals surface area contributed by atoms with Gasteiger partial charge in [-0.3, -0.25) is 4.79 Å². The Labute approximate surface area is 154 Å². The Morgan fingerprint density at radius 3 is 2.81 bits per heavy atom. The number of anilines is 1. The Balaban J connectivity index is 2.00. The Bertz CT molecular complexity index is 882. The summed E-state index contributed by atoms with van der Waals surface area (Å²) in [4.78, 5) is 22.8. The van der Waals surface area contributed by atoms with Crippen molar-refractivity contribution in [3.8, 4) is 17.2 Å². The SMILES string of the molecule is COc1cc(C2CC(=O)Nc3cc(OCC(=O)O)ccc32)cc(Cl)c1O. The van der Waals surface area contributed by atoms with E-state index in [9.17, 15) is 14.7 Å². The molecule has 3 N–H and O–H groups in total. The van der Waals surface area contributed by atoms with Crippen molar-refractivity contribution in [1.82, 2.24) is 0 Å². The molecule has 136 valence electrons. The van der Waals surface area contributed by atoms with Gasteiger partial charge in [0.05, 0.1) is 12.1 Å². The number of aliphatic carboxylic acids is 1. The molecule has 0 saturated carbocycles. The molecule has 1 heterocycles. The van der Waals surface area contributed by atoms with E-state index in [-0.39, 0.29) is 34.8 Å². The van der Waals surface area contributed by atoms with Gasteiger partial charge in [0.2, 0.25) is 5.91 Å². The average Bonchev–Trinajstić information content (AvgIpc) is 2.61. The van der Waals surface area contributed by atoms with Gasteiger partial charge in [0.15, 0.2) is 18.1 Å². The summed E-state index contributed by atoms with van der Waals surface area (Å²) >= 11 is 6.07. The highest BCUT2D eigenvalue weighted by Gasteiger charge is 2.28. The maximum atomic E-state index is 12.1. The standard InChI is InChI=1S/C18H16ClNO6/c1-25-15-5-9(4-13(19)18(15)24)12-7-16(21)20-14-6-10(2-3-11(12)14)26-8-17(22)23/h2-6,12,24H,7-8H2,1H3,(H,20,21)(H,22,23). The van der Waals surface area contributed by atoms with Crippen molar-refractivity contribution in [3.05, 3.63) is 46.5 Å². The second-order valence-electron chi connectivity index (χ2n) is 5.79. The molecule has 0 fully saturated rings. The van der Waals surface area contributed by atoms with Gasteiger partial charge in [-0.2, -0.15) is 0 Å². The zero-order valence-electron chi connectivity index (χ0n) is 13.8. The Morgan fingerprint density at radius 1 is 1.35 bits per heavy atom. The number of methoxy groups -OCH3 is 1. The molecule has 2 aromatic carbocycles. The Morgan fingerprint density at radius 2 is 2.12 bits per heavy atom. The van der Waals surface area contributed by atoms with E-state index in [1.807, 2.05) is 0 Å². The molecule has 1 unspecified atom stereocenters. The Hall–Kier alpha value is -2.93. The number of phenols is 1. The summed E-state index contributed by atoms with van der Waals surface area (Å²) in [6, 6.07) is 8.24. The Kier molecular flexibility index (Phi) is 4.90. The molecule has 2 aromatic rings. The number of ether oxygens (including phenoxy) is 2. The van der Waals surface area contributed by atoms with Crippen LogP contribution in [-0.2, 0) is 9.59 Å². The number of carbonyl (C=O) groups is 2. The fourth-order valence-corrected chi connectivity index (χ4v) is 3.15. The fraction of sp³-hybridized carbons (Fsp3) is 0.222. The number of nitrogens with one attached hydrogen (secondary N) is 1.